The SMILES string of the molecule is O=C(Nc1nccs1)N(C1CC=CCC1)C1CCCCC1. The second kappa shape index (κ2) is 7.07. The molecule has 1 unspecified atom stereocenters. The fourth-order valence-corrected chi connectivity index (χ4v) is 3.98. The van der Waals surface area contributed by atoms with Crippen LogP contribution in [0, 0.1) is 0 Å². The summed E-state index contributed by atoms with van der Waals surface area (Å²) in [6.07, 6.45) is 15.4. The van der Waals surface area contributed by atoms with Crippen LogP contribution in [0.3, 0.4) is 0 Å². The smallest absolute Gasteiger partial charge is 0.318 e. The summed E-state index contributed by atoms with van der Waals surface area (Å²) in [5.41, 5.74) is 0. The van der Waals surface area contributed by atoms with Crippen LogP contribution in [0.5, 0.6) is 0 Å². The first-order chi connectivity index (χ1) is 10.3. The Kier molecular flexibility index (Phi) is 4.91. The lowest BCUT2D eigenvalue weighted by molar-refractivity contribution is 0.128. The van der Waals surface area contributed by atoms with Crippen LogP contribution in [0.4, 0.5) is 9.93 Å². The largest absolute Gasteiger partial charge is 0.324 e. The quantitative estimate of drug-likeness (QED) is 0.840. The van der Waals surface area contributed by atoms with Gasteiger partial charge in [0, 0.05) is 23.7 Å². The topological polar surface area (TPSA) is 45.2 Å². The zero-order valence-electron chi connectivity index (χ0n) is 12.3. The molecule has 0 spiro atoms. The molecule has 1 saturated carbocycles. The molecule has 0 aliphatic heterocycles. The average Bonchev–Trinajstić information content (AvgIpc) is 3.02. The van der Waals surface area contributed by atoms with E-state index in [4.69, 9.17) is 0 Å². The third-order valence-electron chi connectivity index (χ3n) is 4.48. The minimum atomic E-state index is 0.0390. The molecule has 0 aromatic carbocycles. The van der Waals surface area contributed by atoms with Crippen LogP contribution in [0.15, 0.2) is 23.7 Å². The van der Waals surface area contributed by atoms with Crippen LogP contribution in [-0.4, -0.2) is 28.0 Å². The van der Waals surface area contributed by atoms with Gasteiger partial charge in [0.2, 0.25) is 0 Å². The molecule has 2 aliphatic rings. The summed E-state index contributed by atoms with van der Waals surface area (Å²) >= 11 is 1.48. The minimum absolute atomic E-state index is 0.0390. The molecule has 1 N–H and O–H groups in total. The summed E-state index contributed by atoms with van der Waals surface area (Å²) in [5, 5.41) is 5.58. The van der Waals surface area contributed by atoms with Crippen molar-refractivity contribution in [3.05, 3.63) is 23.7 Å². The van der Waals surface area contributed by atoms with Crippen LogP contribution >= 0.6 is 11.3 Å². The molecule has 2 amide bonds. The molecule has 0 saturated heterocycles. The second-order valence-corrected chi connectivity index (χ2v) is 6.80. The highest BCUT2D eigenvalue weighted by Crippen LogP contribution is 2.29. The molecule has 114 valence electrons. The van der Waals surface area contributed by atoms with E-state index in [1.54, 1.807) is 6.20 Å². The Bertz CT molecular complexity index is 480. The number of nitrogens with zero attached hydrogens (tertiary/aromatic N) is 2. The van der Waals surface area contributed by atoms with Crippen molar-refractivity contribution in [3.8, 4) is 0 Å². The Hall–Kier alpha value is -1.36. The number of thiazole rings is 1. The van der Waals surface area contributed by atoms with Gasteiger partial charge in [-0.25, -0.2) is 9.78 Å². The van der Waals surface area contributed by atoms with Crippen molar-refractivity contribution in [3.63, 3.8) is 0 Å². The van der Waals surface area contributed by atoms with Gasteiger partial charge in [-0.2, -0.15) is 0 Å². The molecule has 0 radical (unpaired) electrons. The molecule has 1 aromatic heterocycles. The van der Waals surface area contributed by atoms with Gasteiger partial charge in [-0.1, -0.05) is 31.4 Å². The van der Waals surface area contributed by atoms with Gasteiger partial charge in [0.15, 0.2) is 5.13 Å². The van der Waals surface area contributed by atoms with Gasteiger partial charge in [-0.15, -0.1) is 11.3 Å². The van der Waals surface area contributed by atoms with E-state index < -0.39 is 0 Å². The van der Waals surface area contributed by atoms with E-state index in [2.05, 4.69) is 27.4 Å². The van der Waals surface area contributed by atoms with Crippen LogP contribution in [0.1, 0.15) is 51.4 Å². The number of anilines is 1. The highest BCUT2D eigenvalue weighted by molar-refractivity contribution is 7.13. The van der Waals surface area contributed by atoms with Gasteiger partial charge in [0.05, 0.1) is 0 Å². The third-order valence-corrected chi connectivity index (χ3v) is 5.17. The molecule has 3 rings (SSSR count). The maximum Gasteiger partial charge on any atom is 0.324 e. The van der Waals surface area contributed by atoms with Crippen molar-refractivity contribution in [2.24, 2.45) is 0 Å². The fraction of sp³-hybridized carbons (Fsp3) is 0.625. The van der Waals surface area contributed by atoms with E-state index in [0.717, 1.165) is 32.1 Å². The number of amides is 2. The van der Waals surface area contributed by atoms with Gasteiger partial charge >= 0.3 is 6.03 Å². The normalized spacial score (nSPS) is 23.0. The Morgan fingerprint density at radius 1 is 1.19 bits per heavy atom. The number of carbonyl (C=O) groups excluding carboxylic acids is 1. The van der Waals surface area contributed by atoms with E-state index >= 15 is 0 Å². The maximum absolute atomic E-state index is 12.8. The van der Waals surface area contributed by atoms with Crippen molar-refractivity contribution < 1.29 is 4.79 Å². The number of hydrogen-bond acceptors (Lipinski definition) is 3. The maximum atomic E-state index is 12.8. The molecule has 4 nitrogen and oxygen atoms in total. The highest BCUT2D eigenvalue weighted by atomic mass is 32.1. The van der Waals surface area contributed by atoms with Crippen molar-refractivity contribution in [2.75, 3.05) is 5.32 Å². The Morgan fingerprint density at radius 3 is 2.71 bits per heavy atom. The number of allylic oxidation sites excluding steroid dienone is 1. The Labute approximate surface area is 130 Å². The number of aromatic nitrogens is 1. The molecule has 1 fully saturated rings. The number of urea groups is 1. The predicted molar refractivity (Wildman–Crippen MR) is 86.6 cm³/mol. The summed E-state index contributed by atoms with van der Waals surface area (Å²) in [5.74, 6) is 0. The lowest BCUT2D eigenvalue weighted by Gasteiger charge is -2.40. The molecule has 1 aromatic rings. The summed E-state index contributed by atoms with van der Waals surface area (Å²) in [6.45, 7) is 0. The molecule has 5 heteroatoms. The molecule has 2 aliphatic carbocycles. The van der Waals surface area contributed by atoms with E-state index in [1.165, 1.54) is 30.6 Å². The molecule has 1 atom stereocenters. The minimum Gasteiger partial charge on any atom is -0.318 e. The van der Waals surface area contributed by atoms with Crippen LogP contribution < -0.4 is 5.32 Å². The monoisotopic (exact) mass is 305 g/mol. The van der Waals surface area contributed by atoms with Crippen LogP contribution in [-0.2, 0) is 0 Å². The van der Waals surface area contributed by atoms with Gasteiger partial charge in [0.1, 0.15) is 0 Å². The van der Waals surface area contributed by atoms with Crippen molar-refractivity contribution in [2.45, 2.75) is 63.5 Å². The zero-order valence-corrected chi connectivity index (χ0v) is 13.1. The van der Waals surface area contributed by atoms with Crippen molar-refractivity contribution >= 4 is 22.5 Å². The second-order valence-electron chi connectivity index (χ2n) is 5.90. The standard InChI is InChI=1S/C16H23N3OS/c20-16(18-15-17-11-12-21-15)19(13-7-3-1-4-8-13)14-9-5-2-6-10-14/h1,3,11-14H,2,4-10H2,(H,17,18,20). The average molecular weight is 305 g/mol. The predicted octanol–water partition coefficient (Wildman–Crippen LogP) is 4.42. The van der Waals surface area contributed by atoms with Gasteiger partial charge in [-0.05, 0) is 32.1 Å². The van der Waals surface area contributed by atoms with Gasteiger partial charge in [0.25, 0.3) is 0 Å². The summed E-state index contributed by atoms with van der Waals surface area (Å²) in [4.78, 5) is 19.1. The zero-order chi connectivity index (χ0) is 14.5. The van der Waals surface area contributed by atoms with E-state index in [1.807, 2.05) is 5.38 Å². The molecule has 21 heavy (non-hydrogen) atoms. The lowest BCUT2D eigenvalue weighted by Crippen LogP contribution is -2.50. The Balaban J connectivity index is 1.73. The number of nitrogens with one attached hydrogen (secondary N) is 1. The first kappa shape index (κ1) is 14.6. The molecular formula is C16H23N3OS. The number of carbonyl (C=O) groups is 1. The number of rotatable bonds is 3. The summed E-state index contributed by atoms with van der Waals surface area (Å²) in [7, 11) is 0. The van der Waals surface area contributed by atoms with Gasteiger partial charge < -0.3 is 4.90 Å². The van der Waals surface area contributed by atoms with E-state index in [0.29, 0.717) is 17.2 Å². The molecular weight excluding hydrogens is 282 g/mol. The van der Waals surface area contributed by atoms with Crippen LogP contribution in [0.25, 0.3) is 0 Å². The molecule has 0 bridgehead atoms. The van der Waals surface area contributed by atoms with Crippen molar-refractivity contribution in [1.82, 2.24) is 9.88 Å². The van der Waals surface area contributed by atoms with E-state index in [9.17, 15) is 4.79 Å². The summed E-state index contributed by atoms with van der Waals surface area (Å²) < 4.78 is 0. The fourth-order valence-electron chi connectivity index (χ4n) is 3.46. The first-order valence-electron chi connectivity index (χ1n) is 7.98. The van der Waals surface area contributed by atoms with E-state index in [-0.39, 0.29) is 6.03 Å². The third kappa shape index (κ3) is 3.64. The van der Waals surface area contributed by atoms with Crippen LogP contribution in [0.2, 0.25) is 0 Å². The number of hydrogen-bond donors (Lipinski definition) is 1. The molecule has 1 heterocycles. The van der Waals surface area contributed by atoms with Gasteiger partial charge in [-0.3, -0.25) is 5.32 Å². The Morgan fingerprint density at radius 2 is 2.05 bits per heavy atom. The highest BCUT2D eigenvalue weighted by Gasteiger charge is 2.31. The lowest BCUT2D eigenvalue weighted by atomic mass is 9.91. The first-order valence-corrected chi connectivity index (χ1v) is 8.86. The van der Waals surface area contributed by atoms with Crippen molar-refractivity contribution in [1.29, 1.82) is 0 Å². The summed E-state index contributed by atoms with van der Waals surface area (Å²) in [6, 6.07) is 0.783.